The molecule has 1 saturated heterocycles. The molecule has 0 aliphatic carbocycles. The van der Waals surface area contributed by atoms with E-state index in [1.807, 2.05) is 22.3 Å². The third kappa shape index (κ3) is 3.63. The summed E-state index contributed by atoms with van der Waals surface area (Å²) in [5.74, 6) is -1.68. The van der Waals surface area contributed by atoms with Crippen LogP contribution < -0.4 is 10.6 Å². The van der Waals surface area contributed by atoms with Crippen LogP contribution in [0.5, 0.6) is 0 Å². The number of carbonyl (C=O) groups is 2. The van der Waals surface area contributed by atoms with Gasteiger partial charge in [-0.2, -0.15) is 13.2 Å². The minimum absolute atomic E-state index is 0.281. The van der Waals surface area contributed by atoms with Crippen molar-refractivity contribution in [3.8, 4) is 0 Å². The molecule has 0 radical (unpaired) electrons. The summed E-state index contributed by atoms with van der Waals surface area (Å²) in [7, 11) is 1.79. The maximum Gasteiger partial charge on any atom is 0.405 e. The summed E-state index contributed by atoms with van der Waals surface area (Å²) in [4.78, 5) is 26.9. The average Bonchev–Trinajstić information content (AvgIpc) is 2.78. The van der Waals surface area contributed by atoms with Crippen molar-refractivity contribution in [3.05, 3.63) is 35.4 Å². The monoisotopic (exact) mass is 355 g/mol. The van der Waals surface area contributed by atoms with E-state index >= 15 is 0 Å². The Bertz CT molecular complexity index is 692. The largest absolute Gasteiger partial charge is 0.405 e. The number of alkyl halides is 3. The number of nitrogens with one attached hydrogen (secondary N) is 2. The highest BCUT2D eigenvalue weighted by atomic mass is 19.4. The Hall–Kier alpha value is -2.09. The number of halogens is 3. The number of nitrogens with zero attached hydrogens (tertiary/aromatic N) is 1. The van der Waals surface area contributed by atoms with E-state index in [4.69, 9.17) is 0 Å². The molecule has 136 valence electrons. The van der Waals surface area contributed by atoms with Crippen molar-refractivity contribution in [1.29, 1.82) is 0 Å². The van der Waals surface area contributed by atoms with Crippen molar-refractivity contribution in [3.63, 3.8) is 0 Å². The smallest absolute Gasteiger partial charge is 0.347 e. The topological polar surface area (TPSA) is 61.4 Å². The van der Waals surface area contributed by atoms with E-state index in [1.54, 1.807) is 19.2 Å². The Balaban J connectivity index is 1.83. The highest BCUT2D eigenvalue weighted by molar-refractivity contribution is 5.97. The van der Waals surface area contributed by atoms with E-state index in [0.29, 0.717) is 31.5 Å². The van der Waals surface area contributed by atoms with Crippen molar-refractivity contribution in [1.82, 2.24) is 15.5 Å². The number of amides is 2. The molecule has 2 aliphatic heterocycles. The highest BCUT2D eigenvalue weighted by Gasteiger charge is 2.51. The fourth-order valence-electron chi connectivity index (χ4n) is 3.84. The second kappa shape index (κ2) is 6.33. The van der Waals surface area contributed by atoms with Crippen LogP contribution in [0.4, 0.5) is 13.2 Å². The number of aryl methyl sites for hydroxylation is 1. The van der Waals surface area contributed by atoms with Crippen LogP contribution >= 0.6 is 0 Å². The molecule has 2 heterocycles. The maximum absolute atomic E-state index is 12.6. The van der Waals surface area contributed by atoms with E-state index in [-0.39, 0.29) is 5.91 Å². The van der Waals surface area contributed by atoms with Gasteiger partial charge in [0.2, 0.25) is 5.91 Å². The first-order chi connectivity index (χ1) is 11.7. The Labute approximate surface area is 143 Å². The van der Waals surface area contributed by atoms with Crippen molar-refractivity contribution in [2.75, 3.05) is 26.7 Å². The minimum Gasteiger partial charge on any atom is -0.347 e. The van der Waals surface area contributed by atoms with Gasteiger partial charge in [-0.25, -0.2) is 0 Å². The van der Waals surface area contributed by atoms with Crippen molar-refractivity contribution >= 4 is 11.8 Å². The first kappa shape index (κ1) is 17.7. The van der Waals surface area contributed by atoms with Crippen LogP contribution in [-0.4, -0.2) is 55.1 Å². The maximum atomic E-state index is 12.6. The highest BCUT2D eigenvalue weighted by Crippen LogP contribution is 2.34. The van der Waals surface area contributed by atoms with Crippen LogP contribution in [0.3, 0.4) is 0 Å². The summed E-state index contributed by atoms with van der Waals surface area (Å²) in [5.41, 5.74) is 0.588. The first-order valence-corrected chi connectivity index (χ1v) is 8.14. The molecule has 0 unspecified atom stereocenters. The Morgan fingerprint density at radius 2 is 2.12 bits per heavy atom. The Morgan fingerprint density at radius 1 is 1.40 bits per heavy atom. The van der Waals surface area contributed by atoms with Crippen LogP contribution in [0.2, 0.25) is 0 Å². The number of hydrogen-bond donors (Lipinski definition) is 2. The fourth-order valence-corrected chi connectivity index (χ4v) is 3.84. The normalized spacial score (nSPS) is 26.9. The molecule has 0 aromatic heterocycles. The van der Waals surface area contributed by atoms with Gasteiger partial charge in [-0.1, -0.05) is 18.2 Å². The summed E-state index contributed by atoms with van der Waals surface area (Å²) in [5, 5.41) is 4.92. The Kier molecular flexibility index (Phi) is 4.49. The third-order valence-corrected chi connectivity index (χ3v) is 4.96. The summed E-state index contributed by atoms with van der Waals surface area (Å²) >= 11 is 0. The lowest BCUT2D eigenvalue weighted by Gasteiger charge is -2.34. The molecule has 25 heavy (non-hydrogen) atoms. The Morgan fingerprint density at radius 3 is 2.84 bits per heavy atom. The third-order valence-electron chi connectivity index (χ3n) is 4.96. The van der Waals surface area contributed by atoms with Crippen LogP contribution in [0.1, 0.15) is 22.3 Å². The van der Waals surface area contributed by atoms with Gasteiger partial charge in [0.1, 0.15) is 6.54 Å². The van der Waals surface area contributed by atoms with Gasteiger partial charge in [0.15, 0.2) is 0 Å². The molecular weight excluding hydrogens is 335 g/mol. The molecule has 1 fully saturated rings. The number of fused-ring (bicyclic) bond motifs is 1. The standard InChI is InChI=1S/C17H20F3N3O2/c1-23-8-13(15(25)21-9-17(18,19)20)16(10-23)7-6-11-4-2-3-5-12(11)14(24)22-16/h2-5,13H,6-10H2,1H3,(H,21,25)(H,22,24)/t13-,16+/m0/s1. The van der Waals surface area contributed by atoms with Crippen molar-refractivity contribution in [2.24, 2.45) is 5.92 Å². The minimum atomic E-state index is -4.46. The fraction of sp³-hybridized carbons (Fsp3) is 0.529. The lowest BCUT2D eigenvalue weighted by Crippen LogP contribution is -2.58. The van der Waals surface area contributed by atoms with Gasteiger partial charge in [0, 0.05) is 18.7 Å². The van der Waals surface area contributed by atoms with Crippen LogP contribution in [0, 0.1) is 5.92 Å². The molecule has 0 bridgehead atoms. The van der Waals surface area contributed by atoms with Crippen LogP contribution in [0.15, 0.2) is 24.3 Å². The summed E-state index contributed by atoms with van der Waals surface area (Å²) < 4.78 is 37.3. The predicted octanol–water partition coefficient (Wildman–Crippen LogP) is 1.34. The second-order valence-corrected chi connectivity index (χ2v) is 6.85. The summed E-state index contributed by atoms with van der Waals surface area (Å²) in [6, 6.07) is 7.20. The summed E-state index contributed by atoms with van der Waals surface area (Å²) in [6.45, 7) is -0.631. The lowest BCUT2D eigenvalue weighted by atomic mass is 9.82. The molecule has 2 amide bonds. The molecular formula is C17H20F3N3O2. The van der Waals surface area contributed by atoms with Crippen LogP contribution in [-0.2, 0) is 11.2 Å². The molecule has 2 atom stereocenters. The van der Waals surface area contributed by atoms with Crippen molar-refractivity contribution in [2.45, 2.75) is 24.6 Å². The first-order valence-electron chi connectivity index (χ1n) is 8.14. The van der Waals surface area contributed by atoms with Gasteiger partial charge in [-0.05, 0) is 31.5 Å². The zero-order chi connectivity index (χ0) is 18.2. The average molecular weight is 355 g/mol. The van der Waals surface area contributed by atoms with E-state index in [1.165, 1.54) is 0 Å². The molecule has 2 aliphatic rings. The molecule has 5 nitrogen and oxygen atoms in total. The summed E-state index contributed by atoms with van der Waals surface area (Å²) in [6.07, 6.45) is -3.37. The quantitative estimate of drug-likeness (QED) is 0.842. The number of likely N-dealkylation sites (tertiary alicyclic amines) is 1. The molecule has 1 aromatic rings. The number of rotatable bonds is 2. The van der Waals surface area contributed by atoms with Gasteiger partial charge >= 0.3 is 6.18 Å². The molecule has 2 N–H and O–H groups in total. The van der Waals surface area contributed by atoms with Gasteiger partial charge in [-0.3, -0.25) is 9.59 Å². The number of hydrogen-bond acceptors (Lipinski definition) is 3. The number of likely N-dealkylation sites (N-methyl/N-ethyl adjacent to an activating group) is 1. The second-order valence-electron chi connectivity index (χ2n) is 6.85. The molecule has 0 saturated carbocycles. The number of carbonyl (C=O) groups excluding carboxylic acids is 2. The van der Waals surface area contributed by atoms with Crippen molar-refractivity contribution < 1.29 is 22.8 Å². The number of benzene rings is 1. The zero-order valence-corrected chi connectivity index (χ0v) is 13.8. The van der Waals surface area contributed by atoms with Crippen LogP contribution in [0.25, 0.3) is 0 Å². The SMILES string of the molecule is CN1C[C@@H](C(=O)NCC(F)(F)F)[C@@]2(CCc3ccccc3C(=O)N2)C1. The predicted molar refractivity (Wildman–Crippen MR) is 85.0 cm³/mol. The molecule has 1 aromatic carbocycles. The lowest BCUT2D eigenvalue weighted by molar-refractivity contribution is -0.141. The van der Waals surface area contributed by atoms with Gasteiger partial charge in [0.25, 0.3) is 5.91 Å². The van der Waals surface area contributed by atoms with Gasteiger partial charge in [-0.15, -0.1) is 0 Å². The van der Waals surface area contributed by atoms with Gasteiger partial charge < -0.3 is 15.5 Å². The van der Waals surface area contributed by atoms with Gasteiger partial charge in [0.05, 0.1) is 11.5 Å². The van der Waals surface area contributed by atoms with E-state index in [9.17, 15) is 22.8 Å². The molecule has 8 heteroatoms. The van der Waals surface area contributed by atoms with E-state index in [0.717, 1.165) is 5.56 Å². The van der Waals surface area contributed by atoms with E-state index in [2.05, 4.69) is 5.32 Å². The molecule has 3 rings (SSSR count). The molecule has 1 spiro atoms. The zero-order valence-electron chi connectivity index (χ0n) is 13.8. The van der Waals surface area contributed by atoms with E-state index < -0.39 is 30.1 Å².